The van der Waals surface area contributed by atoms with Crippen molar-refractivity contribution in [3.8, 4) is 11.5 Å². The number of nitrogens with zero attached hydrogens (tertiary/aromatic N) is 1. The van der Waals surface area contributed by atoms with Gasteiger partial charge in [0.25, 0.3) is 5.69 Å². The maximum Gasteiger partial charge on any atom is 0.276 e. The summed E-state index contributed by atoms with van der Waals surface area (Å²) < 4.78 is 0. The molecule has 1 rings (SSSR count). The van der Waals surface area contributed by atoms with Crippen molar-refractivity contribution in [1.29, 1.82) is 0 Å². The average molecular weight is 195 g/mol. The van der Waals surface area contributed by atoms with Gasteiger partial charge in [0.05, 0.1) is 10.5 Å². The average Bonchev–Trinajstić information content (AvgIpc) is 2.13. The summed E-state index contributed by atoms with van der Waals surface area (Å²) in [6, 6.07) is 2.23. The van der Waals surface area contributed by atoms with Crippen molar-refractivity contribution in [2.75, 3.05) is 0 Å². The third-order valence-corrected chi connectivity index (χ3v) is 1.78. The van der Waals surface area contributed by atoms with Crippen LogP contribution in [0.15, 0.2) is 24.8 Å². The molecular formula is C9H9NO4. The predicted octanol–water partition coefficient (Wildman–Crippen LogP) is 1.73. The monoisotopic (exact) mass is 195 g/mol. The van der Waals surface area contributed by atoms with E-state index in [0.717, 1.165) is 12.1 Å². The summed E-state index contributed by atoms with van der Waals surface area (Å²) in [5.74, 6) is -0.827. The highest BCUT2D eigenvalue weighted by atomic mass is 16.6. The molecule has 0 aliphatic rings. The van der Waals surface area contributed by atoms with Crippen LogP contribution >= 0.6 is 0 Å². The first kappa shape index (κ1) is 10.0. The number of hydrogen-bond donors (Lipinski definition) is 2. The van der Waals surface area contributed by atoms with Crippen molar-refractivity contribution in [1.82, 2.24) is 0 Å². The van der Waals surface area contributed by atoms with E-state index in [-0.39, 0.29) is 23.4 Å². The van der Waals surface area contributed by atoms with E-state index in [0.29, 0.717) is 0 Å². The fraction of sp³-hybridized carbons (Fsp3) is 0.111. The number of hydrogen-bond acceptors (Lipinski definition) is 4. The molecule has 0 saturated heterocycles. The lowest BCUT2D eigenvalue weighted by atomic mass is 10.1. The molecule has 74 valence electrons. The summed E-state index contributed by atoms with van der Waals surface area (Å²) in [5, 5.41) is 29.0. The molecule has 1 aromatic carbocycles. The van der Waals surface area contributed by atoms with Crippen molar-refractivity contribution in [3.05, 3.63) is 40.5 Å². The van der Waals surface area contributed by atoms with Crippen LogP contribution in [-0.2, 0) is 6.42 Å². The standard InChI is InChI=1S/C9H9NO4/c1-2-3-6-7(10(13)14)4-5-8(11)9(6)12/h2,4-5,11-12H,1,3H2. The number of phenolic OH excluding ortho intramolecular Hbond substituents is 2. The molecule has 0 fully saturated rings. The molecule has 0 aliphatic carbocycles. The quantitative estimate of drug-likeness (QED) is 0.333. The number of aromatic hydroxyl groups is 2. The second kappa shape index (κ2) is 3.78. The maximum absolute atomic E-state index is 10.5. The lowest BCUT2D eigenvalue weighted by molar-refractivity contribution is -0.385. The van der Waals surface area contributed by atoms with Gasteiger partial charge in [0.1, 0.15) is 0 Å². The molecule has 0 atom stereocenters. The van der Waals surface area contributed by atoms with Crippen molar-refractivity contribution in [2.45, 2.75) is 6.42 Å². The van der Waals surface area contributed by atoms with Gasteiger partial charge in [-0.1, -0.05) is 6.08 Å². The summed E-state index contributed by atoms with van der Waals surface area (Å²) in [4.78, 5) is 9.93. The van der Waals surface area contributed by atoms with Crippen LogP contribution in [0.3, 0.4) is 0 Å². The molecule has 0 aliphatic heterocycles. The van der Waals surface area contributed by atoms with Crippen LogP contribution in [0, 0.1) is 10.1 Å². The van der Waals surface area contributed by atoms with Gasteiger partial charge in [0.2, 0.25) is 0 Å². The zero-order chi connectivity index (χ0) is 10.7. The Hall–Kier alpha value is -2.04. The van der Waals surface area contributed by atoms with E-state index in [1.54, 1.807) is 0 Å². The molecule has 0 bridgehead atoms. The molecule has 0 spiro atoms. The highest BCUT2D eigenvalue weighted by Gasteiger charge is 2.18. The van der Waals surface area contributed by atoms with Crippen LogP contribution in [0.5, 0.6) is 11.5 Å². The van der Waals surface area contributed by atoms with Gasteiger partial charge >= 0.3 is 0 Å². The third kappa shape index (κ3) is 1.66. The molecule has 0 amide bonds. The topological polar surface area (TPSA) is 83.6 Å². The van der Waals surface area contributed by atoms with Crippen LogP contribution in [0.4, 0.5) is 5.69 Å². The van der Waals surface area contributed by atoms with Crippen molar-refractivity contribution in [2.24, 2.45) is 0 Å². The van der Waals surface area contributed by atoms with E-state index in [1.165, 1.54) is 6.08 Å². The molecule has 5 heteroatoms. The zero-order valence-corrected chi connectivity index (χ0v) is 7.30. The molecule has 0 saturated carbocycles. The maximum atomic E-state index is 10.5. The SMILES string of the molecule is C=CCc1c([N+](=O)[O-])ccc(O)c1O. The normalized spacial score (nSPS) is 9.71. The van der Waals surface area contributed by atoms with Crippen molar-refractivity contribution < 1.29 is 15.1 Å². The number of nitro benzene ring substituents is 1. The van der Waals surface area contributed by atoms with E-state index in [4.69, 9.17) is 5.11 Å². The number of benzene rings is 1. The molecule has 5 nitrogen and oxygen atoms in total. The summed E-state index contributed by atoms with van der Waals surface area (Å²) in [6.45, 7) is 3.41. The van der Waals surface area contributed by atoms with E-state index >= 15 is 0 Å². The second-order valence-electron chi connectivity index (χ2n) is 2.68. The van der Waals surface area contributed by atoms with Crippen molar-refractivity contribution >= 4 is 5.69 Å². The lowest BCUT2D eigenvalue weighted by Crippen LogP contribution is -1.94. The van der Waals surface area contributed by atoms with Gasteiger partial charge in [0.15, 0.2) is 11.5 Å². The fourth-order valence-corrected chi connectivity index (χ4v) is 1.13. The van der Waals surface area contributed by atoms with Crippen LogP contribution in [0.25, 0.3) is 0 Å². The van der Waals surface area contributed by atoms with Crippen molar-refractivity contribution in [3.63, 3.8) is 0 Å². The second-order valence-corrected chi connectivity index (χ2v) is 2.68. The molecule has 14 heavy (non-hydrogen) atoms. The Morgan fingerprint density at radius 1 is 1.50 bits per heavy atom. The summed E-state index contributed by atoms with van der Waals surface area (Å²) in [6.07, 6.45) is 1.55. The van der Waals surface area contributed by atoms with Gasteiger partial charge in [0, 0.05) is 12.5 Å². The molecule has 0 aromatic heterocycles. The number of rotatable bonds is 3. The Balaban J connectivity index is 3.36. The minimum atomic E-state index is -0.613. The first-order valence-corrected chi connectivity index (χ1v) is 3.87. The van der Waals surface area contributed by atoms with Gasteiger partial charge in [-0.05, 0) is 6.07 Å². The minimum absolute atomic E-state index is 0.0741. The Morgan fingerprint density at radius 2 is 2.14 bits per heavy atom. The number of allylic oxidation sites excluding steroid dienone is 1. The first-order valence-electron chi connectivity index (χ1n) is 3.87. The van der Waals surface area contributed by atoms with Gasteiger partial charge in [-0.2, -0.15) is 0 Å². The zero-order valence-electron chi connectivity index (χ0n) is 7.30. The van der Waals surface area contributed by atoms with Gasteiger partial charge in [-0.15, -0.1) is 6.58 Å². The van der Waals surface area contributed by atoms with Gasteiger partial charge < -0.3 is 10.2 Å². The summed E-state index contributed by atoms with van der Waals surface area (Å²) in [5.41, 5.74) is -0.148. The predicted molar refractivity (Wildman–Crippen MR) is 50.3 cm³/mol. The molecular weight excluding hydrogens is 186 g/mol. The van der Waals surface area contributed by atoms with Crippen LogP contribution in [-0.4, -0.2) is 15.1 Å². The summed E-state index contributed by atoms with van der Waals surface area (Å²) in [7, 11) is 0. The third-order valence-electron chi connectivity index (χ3n) is 1.78. The van der Waals surface area contributed by atoms with Crippen LogP contribution in [0.2, 0.25) is 0 Å². The van der Waals surface area contributed by atoms with E-state index in [1.807, 2.05) is 0 Å². The Bertz CT molecular complexity index is 387. The Kier molecular flexibility index (Phi) is 2.71. The first-order chi connectivity index (χ1) is 6.57. The van der Waals surface area contributed by atoms with Gasteiger partial charge in [-0.3, -0.25) is 10.1 Å². The molecule has 0 unspecified atom stereocenters. The fourth-order valence-electron chi connectivity index (χ4n) is 1.13. The lowest BCUT2D eigenvalue weighted by Gasteiger charge is -2.04. The molecule has 0 radical (unpaired) electrons. The minimum Gasteiger partial charge on any atom is -0.504 e. The Labute approximate surface area is 80.1 Å². The molecule has 1 aromatic rings. The van der Waals surface area contributed by atoms with E-state index in [2.05, 4.69) is 6.58 Å². The highest BCUT2D eigenvalue weighted by molar-refractivity contribution is 5.56. The van der Waals surface area contributed by atoms with E-state index in [9.17, 15) is 15.2 Å². The summed E-state index contributed by atoms with van der Waals surface area (Å²) >= 11 is 0. The largest absolute Gasteiger partial charge is 0.504 e. The smallest absolute Gasteiger partial charge is 0.276 e. The van der Waals surface area contributed by atoms with Gasteiger partial charge in [-0.25, -0.2) is 0 Å². The highest BCUT2D eigenvalue weighted by Crippen LogP contribution is 2.35. The van der Waals surface area contributed by atoms with Crippen LogP contribution in [0.1, 0.15) is 5.56 Å². The molecule has 0 heterocycles. The Morgan fingerprint density at radius 3 is 2.64 bits per heavy atom. The number of nitro groups is 1. The van der Waals surface area contributed by atoms with Crippen LogP contribution < -0.4 is 0 Å². The molecule has 2 N–H and O–H groups in total. The van der Waals surface area contributed by atoms with E-state index < -0.39 is 10.7 Å². The number of phenols is 2.